The van der Waals surface area contributed by atoms with Gasteiger partial charge in [0.15, 0.2) is 0 Å². The van der Waals surface area contributed by atoms with Crippen LogP contribution in [-0.2, 0) is 4.74 Å². The van der Waals surface area contributed by atoms with E-state index in [-0.39, 0.29) is 12.5 Å². The monoisotopic (exact) mass is 240 g/mol. The minimum Gasteiger partial charge on any atom is -0.393 e. The van der Waals surface area contributed by atoms with Gasteiger partial charge in [-0.2, -0.15) is 0 Å². The summed E-state index contributed by atoms with van der Waals surface area (Å²) >= 11 is 0. The zero-order valence-corrected chi connectivity index (χ0v) is 9.94. The van der Waals surface area contributed by atoms with Crippen molar-refractivity contribution in [3.8, 4) is 0 Å². The predicted octanol–water partition coefficient (Wildman–Crippen LogP) is 0.404. The van der Waals surface area contributed by atoms with Gasteiger partial charge in [-0.15, -0.1) is 0 Å². The topological polar surface area (TPSA) is 69.9 Å². The van der Waals surface area contributed by atoms with Gasteiger partial charge < -0.3 is 20.1 Å². The normalized spacial score (nSPS) is 32.1. The van der Waals surface area contributed by atoms with E-state index in [9.17, 15) is 5.11 Å². The van der Waals surface area contributed by atoms with Crippen LogP contribution in [0.25, 0.3) is 0 Å². The molecule has 0 amide bonds. The van der Waals surface area contributed by atoms with E-state index in [2.05, 4.69) is 0 Å². The van der Waals surface area contributed by atoms with E-state index in [4.69, 9.17) is 14.9 Å². The summed E-state index contributed by atoms with van der Waals surface area (Å²) in [6.45, 7) is 2.05. The molecule has 0 spiro atoms. The molecule has 1 saturated heterocycles. The molecule has 4 nitrogen and oxygen atoms in total. The SMILES string of the molecule is C/C=C/C=C/[C@H]1CO[C@H](/C=C/[C@@H](O)CO)[C@@H]1O. The number of ether oxygens (including phenoxy) is 1. The molecule has 4 heteroatoms. The van der Waals surface area contributed by atoms with Crippen molar-refractivity contribution in [1.29, 1.82) is 0 Å². The smallest absolute Gasteiger partial charge is 0.102 e. The average molecular weight is 240 g/mol. The molecule has 0 radical (unpaired) electrons. The average Bonchev–Trinajstić information content (AvgIpc) is 2.68. The van der Waals surface area contributed by atoms with Crippen molar-refractivity contribution in [3.05, 3.63) is 36.5 Å². The Kier molecular flexibility index (Phi) is 6.15. The maximum Gasteiger partial charge on any atom is 0.102 e. The first-order chi connectivity index (χ1) is 8.19. The van der Waals surface area contributed by atoms with Crippen molar-refractivity contribution in [2.45, 2.75) is 25.2 Å². The predicted molar refractivity (Wildman–Crippen MR) is 65.4 cm³/mol. The van der Waals surface area contributed by atoms with Crippen molar-refractivity contribution in [2.24, 2.45) is 5.92 Å². The van der Waals surface area contributed by atoms with Gasteiger partial charge in [0.2, 0.25) is 0 Å². The quantitative estimate of drug-likeness (QED) is 0.481. The Labute approximate surface area is 102 Å². The summed E-state index contributed by atoms with van der Waals surface area (Å²) < 4.78 is 5.40. The van der Waals surface area contributed by atoms with Crippen LogP contribution in [0.4, 0.5) is 0 Å². The van der Waals surface area contributed by atoms with Crippen molar-refractivity contribution in [1.82, 2.24) is 0 Å². The first-order valence-corrected chi connectivity index (χ1v) is 5.75. The van der Waals surface area contributed by atoms with E-state index < -0.39 is 18.3 Å². The van der Waals surface area contributed by atoms with Crippen molar-refractivity contribution in [3.63, 3.8) is 0 Å². The molecule has 0 aromatic carbocycles. The lowest BCUT2D eigenvalue weighted by Crippen LogP contribution is -2.24. The maximum atomic E-state index is 9.94. The zero-order chi connectivity index (χ0) is 12.7. The summed E-state index contributed by atoms with van der Waals surface area (Å²) in [4.78, 5) is 0. The van der Waals surface area contributed by atoms with Gasteiger partial charge in [-0.25, -0.2) is 0 Å². The minimum absolute atomic E-state index is 0.0351. The molecule has 4 atom stereocenters. The zero-order valence-electron chi connectivity index (χ0n) is 9.94. The van der Waals surface area contributed by atoms with Crippen LogP contribution < -0.4 is 0 Å². The van der Waals surface area contributed by atoms with Crippen LogP contribution in [0, 0.1) is 5.92 Å². The summed E-state index contributed by atoms with van der Waals surface area (Å²) in [5, 5.41) is 27.7. The highest BCUT2D eigenvalue weighted by Gasteiger charge is 2.32. The van der Waals surface area contributed by atoms with E-state index in [1.165, 1.54) is 6.08 Å². The molecule has 0 aromatic heterocycles. The standard InChI is InChI=1S/C13H20O4/c1-2-3-4-5-10-9-17-12(13(10)16)7-6-11(15)8-14/h2-7,10-16H,8-9H2,1H3/b3-2+,5-4+,7-6+/t10-,11+,12+,13+/m0/s1. The van der Waals surface area contributed by atoms with Crippen LogP contribution in [-0.4, -0.2) is 46.8 Å². The highest BCUT2D eigenvalue weighted by Crippen LogP contribution is 2.22. The van der Waals surface area contributed by atoms with E-state index in [1.54, 1.807) is 6.08 Å². The molecule has 3 N–H and O–H groups in total. The Morgan fingerprint density at radius 1 is 1.35 bits per heavy atom. The molecule has 17 heavy (non-hydrogen) atoms. The molecule has 1 aliphatic heterocycles. The van der Waals surface area contributed by atoms with Gasteiger partial charge in [0.1, 0.15) is 6.10 Å². The summed E-state index contributed by atoms with van der Waals surface area (Å²) in [7, 11) is 0. The van der Waals surface area contributed by atoms with Gasteiger partial charge in [0.05, 0.1) is 25.4 Å². The van der Waals surface area contributed by atoms with E-state index in [1.807, 2.05) is 31.2 Å². The van der Waals surface area contributed by atoms with Crippen molar-refractivity contribution < 1.29 is 20.1 Å². The molecule has 0 unspecified atom stereocenters. The van der Waals surface area contributed by atoms with Gasteiger partial charge in [-0.05, 0) is 6.92 Å². The van der Waals surface area contributed by atoms with Gasteiger partial charge in [-0.1, -0.05) is 36.5 Å². The van der Waals surface area contributed by atoms with Crippen LogP contribution in [0.3, 0.4) is 0 Å². The second kappa shape index (κ2) is 7.40. The Morgan fingerprint density at radius 2 is 2.12 bits per heavy atom. The van der Waals surface area contributed by atoms with Gasteiger partial charge >= 0.3 is 0 Å². The summed E-state index contributed by atoms with van der Waals surface area (Å²) in [6, 6.07) is 0. The largest absolute Gasteiger partial charge is 0.393 e. The second-order valence-corrected chi connectivity index (χ2v) is 4.00. The van der Waals surface area contributed by atoms with Crippen molar-refractivity contribution in [2.75, 3.05) is 13.2 Å². The Bertz CT molecular complexity index is 296. The van der Waals surface area contributed by atoms with Crippen LogP contribution in [0.15, 0.2) is 36.5 Å². The van der Waals surface area contributed by atoms with Crippen LogP contribution in [0.2, 0.25) is 0 Å². The van der Waals surface area contributed by atoms with Gasteiger partial charge in [-0.3, -0.25) is 0 Å². The third-order valence-corrected chi connectivity index (χ3v) is 2.63. The first-order valence-electron chi connectivity index (χ1n) is 5.75. The van der Waals surface area contributed by atoms with E-state index in [0.29, 0.717) is 6.61 Å². The molecular weight excluding hydrogens is 220 g/mol. The highest BCUT2D eigenvalue weighted by molar-refractivity contribution is 5.09. The minimum atomic E-state index is -0.900. The molecule has 0 aliphatic carbocycles. The maximum absolute atomic E-state index is 9.94. The Hall–Kier alpha value is -0.940. The van der Waals surface area contributed by atoms with Crippen LogP contribution >= 0.6 is 0 Å². The molecule has 1 rings (SSSR count). The number of rotatable bonds is 5. The number of aliphatic hydroxyl groups is 3. The Balaban J connectivity index is 2.49. The van der Waals surface area contributed by atoms with E-state index in [0.717, 1.165) is 0 Å². The molecule has 0 saturated carbocycles. The number of aliphatic hydroxyl groups excluding tert-OH is 3. The van der Waals surface area contributed by atoms with E-state index >= 15 is 0 Å². The lowest BCUT2D eigenvalue weighted by atomic mass is 10.0. The molecular formula is C13H20O4. The van der Waals surface area contributed by atoms with Crippen molar-refractivity contribution >= 4 is 0 Å². The van der Waals surface area contributed by atoms with Gasteiger partial charge in [0, 0.05) is 5.92 Å². The number of hydrogen-bond donors (Lipinski definition) is 3. The lowest BCUT2D eigenvalue weighted by molar-refractivity contribution is 0.0704. The van der Waals surface area contributed by atoms with Crippen LogP contribution in [0.5, 0.6) is 0 Å². The molecule has 0 bridgehead atoms. The fourth-order valence-electron chi connectivity index (χ4n) is 1.62. The highest BCUT2D eigenvalue weighted by atomic mass is 16.5. The summed E-state index contributed by atoms with van der Waals surface area (Å²) in [6.07, 6.45) is 8.69. The number of hydrogen-bond acceptors (Lipinski definition) is 4. The lowest BCUT2D eigenvalue weighted by Gasteiger charge is -2.12. The van der Waals surface area contributed by atoms with Gasteiger partial charge in [0.25, 0.3) is 0 Å². The molecule has 0 aromatic rings. The molecule has 1 heterocycles. The third kappa shape index (κ3) is 4.44. The third-order valence-electron chi connectivity index (χ3n) is 2.63. The van der Waals surface area contributed by atoms with Crippen LogP contribution in [0.1, 0.15) is 6.92 Å². The fourth-order valence-corrected chi connectivity index (χ4v) is 1.62. The number of allylic oxidation sites excluding steroid dienone is 3. The summed E-state index contributed by atoms with van der Waals surface area (Å²) in [5.74, 6) is -0.0351. The first kappa shape index (κ1) is 14.1. The second-order valence-electron chi connectivity index (χ2n) is 4.00. The molecule has 96 valence electrons. The molecule has 1 fully saturated rings. The fraction of sp³-hybridized carbons (Fsp3) is 0.538. The Morgan fingerprint density at radius 3 is 2.76 bits per heavy atom. The molecule has 1 aliphatic rings. The summed E-state index contributed by atoms with van der Waals surface area (Å²) in [5.41, 5.74) is 0.